The maximum atomic E-state index is 12.9. The van der Waals surface area contributed by atoms with E-state index >= 15 is 0 Å². The lowest BCUT2D eigenvalue weighted by Crippen LogP contribution is -2.54. The van der Waals surface area contributed by atoms with Crippen molar-refractivity contribution in [1.82, 2.24) is 24.1 Å². The summed E-state index contributed by atoms with van der Waals surface area (Å²) in [5.41, 5.74) is 0. The van der Waals surface area contributed by atoms with Crippen LogP contribution in [0.1, 0.15) is 44.9 Å². The van der Waals surface area contributed by atoms with Gasteiger partial charge in [0, 0.05) is 51.2 Å². The number of amides is 1. The van der Waals surface area contributed by atoms with Crippen LogP contribution in [0.15, 0.2) is 17.6 Å². The summed E-state index contributed by atoms with van der Waals surface area (Å²) in [5.74, 6) is 0.149. The van der Waals surface area contributed by atoms with Crippen molar-refractivity contribution in [1.29, 1.82) is 0 Å². The summed E-state index contributed by atoms with van der Waals surface area (Å²) in [4.78, 5) is 24.0. The Morgan fingerprint density at radius 3 is 2.25 bits per heavy atom. The smallest absolute Gasteiger partial charge is 0.260 e. The van der Waals surface area contributed by atoms with E-state index in [9.17, 15) is 13.2 Å². The maximum Gasteiger partial charge on any atom is 0.260 e. The molecule has 3 aliphatic rings. The molecule has 0 radical (unpaired) electrons. The van der Waals surface area contributed by atoms with Crippen LogP contribution in [0, 0.1) is 5.92 Å². The van der Waals surface area contributed by atoms with Gasteiger partial charge in [0.05, 0.1) is 12.5 Å². The average molecular weight is 410 g/mol. The molecule has 1 aliphatic carbocycles. The maximum absolute atomic E-state index is 12.9. The topological polar surface area (TPSA) is 89.6 Å². The molecule has 1 N–H and O–H groups in total. The number of aromatic amines is 1. The lowest BCUT2D eigenvalue weighted by atomic mass is 9.93. The number of carbonyl (C=O) groups excluding carboxylic acids is 1. The predicted molar refractivity (Wildman–Crippen MR) is 105 cm³/mol. The van der Waals surface area contributed by atoms with E-state index in [0.29, 0.717) is 32.0 Å². The van der Waals surface area contributed by atoms with E-state index in [1.54, 1.807) is 0 Å². The van der Waals surface area contributed by atoms with Crippen LogP contribution in [0.4, 0.5) is 0 Å². The molecule has 8 nitrogen and oxygen atoms in total. The van der Waals surface area contributed by atoms with Gasteiger partial charge in [0.1, 0.15) is 0 Å². The highest BCUT2D eigenvalue weighted by Gasteiger charge is 2.35. The Morgan fingerprint density at radius 2 is 1.64 bits per heavy atom. The minimum atomic E-state index is -3.53. The molecule has 0 aromatic carbocycles. The van der Waals surface area contributed by atoms with Gasteiger partial charge >= 0.3 is 0 Å². The number of nitrogens with zero attached hydrogens (tertiary/aromatic N) is 4. The second kappa shape index (κ2) is 8.51. The molecule has 0 atom stereocenters. The Balaban J connectivity index is 1.27. The third kappa shape index (κ3) is 4.11. The van der Waals surface area contributed by atoms with Crippen LogP contribution in [0.25, 0.3) is 0 Å². The number of piperidine rings is 1. The zero-order chi connectivity index (χ0) is 19.6. The molecule has 156 valence electrons. The Labute approximate surface area is 167 Å². The minimum absolute atomic E-state index is 0.0607. The highest BCUT2D eigenvalue weighted by molar-refractivity contribution is 7.89. The largest absolute Gasteiger partial charge is 0.340 e. The van der Waals surface area contributed by atoms with Gasteiger partial charge in [-0.3, -0.25) is 9.69 Å². The van der Waals surface area contributed by atoms with Crippen LogP contribution in [0.5, 0.6) is 0 Å². The lowest BCUT2D eigenvalue weighted by Gasteiger charge is -2.42. The molecule has 1 aromatic heterocycles. The molecule has 9 heteroatoms. The van der Waals surface area contributed by atoms with Crippen molar-refractivity contribution in [2.24, 2.45) is 5.92 Å². The van der Waals surface area contributed by atoms with Crippen LogP contribution in [-0.2, 0) is 14.8 Å². The van der Waals surface area contributed by atoms with Crippen molar-refractivity contribution in [3.05, 3.63) is 12.5 Å². The number of hydrogen-bond acceptors (Lipinski definition) is 5. The van der Waals surface area contributed by atoms with Gasteiger partial charge in [-0.1, -0.05) is 19.3 Å². The second-order valence-electron chi connectivity index (χ2n) is 8.25. The minimum Gasteiger partial charge on any atom is -0.340 e. The number of imidazole rings is 1. The van der Waals surface area contributed by atoms with Crippen molar-refractivity contribution in [2.75, 3.05) is 39.3 Å². The Hall–Kier alpha value is -1.45. The van der Waals surface area contributed by atoms with E-state index in [0.717, 1.165) is 26.2 Å². The number of aromatic nitrogens is 2. The van der Waals surface area contributed by atoms with Crippen molar-refractivity contribution in [3.63, 3.8) is 0 Å². The molecule has 1 amide bonds. The van der Waals surface area contributed by atoms with Gasteiger partial charge in [-0.2, -0.15) is 4.31 Å². The molecule has 0 bridgehead atoms. The van der Waals surface area contributed by atoms with Crippen LogP contribution < -0.4 is 0 Å². The molecular formula is C19H31N5O3S. The van der Waals surface area contributed by atoms with Crippen molar-refractivity contribution < 1.29 is 13.2 Å². The predicted octanol–water partition coefficient (Wildman–Crippen LogP) is 1.29. The Morgan fingerprint density at radius 1 is 0.964 bits per heavy atom. The molecule has 3 heterocycles. The normalized spacial score (nSPS) is 24.5. The quantitative estimate of drug-likeness (QED) is 0.809. The standard InChI is InChI=1S/C19H31N5O3S/c25-19(23-12-10-22(11-13-23)17-4-2-1-3-5-17)16-6-8-24(9-7-16)28(26,27)18-14-20-15-21-18/h14-17H,1-13H2,(H,20,21). The van der Waals surface area contributed by atoms with Crippen molar-refractivity contribution in [3.8, 4) is 0 Å². The SMILES string of the molecule is O=C(C1CCN(S(=O)(=O)c2cnc[nH]2)CC1)N1CCN(C2CCCCC2)CC1. The summed E-state index contributed by atoms with van der Waals surface area (Å²) in [5, 5.41) is 0.121. The van der Waals surface area contributed by atoms with Crippen molar-refractivity contribution >= 4 is 15.9 Å². The summed E-state index contributed by atoms with van der Waals surface area (Å²) in [6.45, 7) is 4.34. The summed E-state index contributed by atoms with van der Waals surface area (Å²) < 4.78 is 26.6. The van der Waals surface area contributed by atoms with Gasteiger partial charge in [-0.15, -0.1) is 0 Å². The van der Waals surface area contributed by atoms with Gasteiger partial charge in [-0.05, 0) is 25.7 Å². The summed E-state index contributed by atoms with van der Waals surface area (Å²) in [6, 6.07) is 0.710. The zero-order valence-electron chi connectivity index (χ0n) is 16.4. The highest BCUT2D eigenvalue weighted by Crippen LogP contribution is 2.26. The van der Waals surface area contributed by atoms with E-state index in [-0.39, 0.29) is 16.9 Å². The fraction of sp³-hybridized carbons (Fsp3) is 0.789. The Kier molecular flexibility index (Phi) is 6.03. The first-order valence-electron chi connectivity index (χ1n) is 10.6. The van der Waals surface area contributed by atoms with E-state index in [2.05, 4.69) is 14.9 Å². The average Bonchev–Trinajstić information content (AvgIpc) is 3.30. The Bertz CT molecular complexity index is 745. The number of hydrogen-bond donors (Lipinski definition) is 1. The molecule has 3 fully saturated rings. The first-order valence-corrected chi connectivity index (χ1v) is 12.0. The first-order chi connectivity index (χ1) is 13.6. The summed E-state index contributed by atoms with van der Waals surface area (Å²) >= 11 is 0. The van der Waals surface area contributed by atoms with E-state index < -0.39 is 10.0 Å². The molecule has 4 rings (SSSR count). The van der Waals surface area contributed by atoms with Gasteiger partial charge in [-0.25, -0.2) is 13.4 Å². The van der Waals surface area contributed by atoms with Crippen LogP contribution >= 0.6 is 0 Å². The lowest BCUT2D eigenvalue weighted by molar-refractivity contribution is -0.139. The van der Waals surface area contributed by atoms with Crippen LogP contribution in [0.2, 0.25) is 0 Å². The monoisotopic (exact) mass is 409 g/mol. The fourth-order valence-electron chi connectivity index (χ4n) is 4.88. The molecule has 1 saturated carbocycles. The number of rotatable bonds is 4. The molecule has 28 heavy (non-hydrogen) atoms. The number of carbonyl (C=O) groups is 1. The van der Waals surface area contributed by atoms with E-state index in [1.165, 1.54) is 48.9 Å². The summed E-state index contributed by atoms with van der Waals surface area (Å²) in [6.07, 6.45) is 10.5. The van der Waals surface area contributed by atoms with Crippen molar-refractivity contribution in [2.45, 2.75) is 56.0 Å². The zero-order valence-corrected chi connectivity index (χ0v) is 17.2. The number of H-pyrrole nitrogens is 1. The molecule has 2 saturated heterocycles. The number of nitrogens with one attached hydrogen (secondary N) is 1. The van der Waals surface area contributed by atoms with Gasteiger partial charge in [0.15, 0.2) is 5.03 Å². The van der Waals surface area contributed by atoms with E-state index in [1.807, 2.05) is 4.90 Å². The van der Waals surface area contributed by atoms with Crippen LogP contribution in [0.3, 0.4) is 0 Å². The second-order valence-corrected chi connectivity index (χ2v) is 10.2. The number of sulfonamides is 1. The fourth-order valence-corrected chi connectivity index (χ4v) is 6.24. The van der Waals surface area contributed by atoms with Gasteiger partial charge in [0.2, 0.25) is 5.91 Å². The first kappa shape index (κ1) is 19.8. The summed E-state index contributed by atoms with van der Waals surface area (Å²) in [7, 11) is -3.53. The molecule has 0 spiro atoms. The molecule has 0 unspecified atom stereocenters. The third-order valence-corrected chi connectivity index (χ3v) is 8.44. The molecule has 2 aliphatic heterocycles. The molecule has 1 aromatic rings. The third-order valence-electron chi connectivity index (χ3n) is 6.61. The highest BCUT2D eigenvalue weighted by atomic mass is 32.2. The van der Waals surface area contributed by atoms with E-state index in [4.69, 9.17) is 0 Å². The molecular weight excluding hydrogens is 378 g/mol. The van der Waals surface area contributed by atoms with Gasteiger partial charge in [0.25, 0.3) is 10.0 Å². The van der Waals surface area contributed by atoms with Crippen LogP contribution in [-0.4, -0.2) is 83.7 Å². The van der Waals surface area contributed by atoms with Gasteiger partial charge < -0.3 is 9.88 Å². The number of piperazine rings is 1.